The highest BCUT2D eigenvalue weighted by molar-refractivity contribution is 7.89. The predicted octanol–water partition coefficient (Wildman–Crippen LogP) is 2.74. The van der Waals surface area contributed by atoms with Crippen molar-refractivity contribution in [1.29, 1.82) is 0 Å². The van der Waals surface area contributed by atoms with E-state index in [0.29, 0.717) is 25.4 Å². The standard InChI is InChI=1S/C21H26ClN3O4S/c1-16-5-3-4-6-17(16)14-24(2)15-21(26)23-18-7-8-19(22)20(13-18)30(27,28)25-9-11-29-12-10-25/h3-8,13H,9-12,14-15H2,1-2H3,(H,23,26). The summed E-state index contributed by atoms with van der Waals surface area (Å²) in [4.78, 5) is 14.4. The monoisotopic (exact) mass is 451 g/mol. The minimum atomic E-state index is -3.76. The molecule has 162 valence electrons. The van der Waals surface area contributed by atoms with Crippen molar-refractivity contribution in [2.45, 2.75) is 18.4 Å². The van der Waals surface area contributed by atoms with Crippen LogP contribution in [0.5, 0.6) is 0 Å². The number of ether oxygens (including phenoxy) is 1. The van der Waals surface area contributed by atoms with Crippen LogP contribution < -0.4 is 5.32 Å². The van der Waals surface area contributed by atoms with Gasteiger partial charge in [0.25, 0.3) is 0 Å². The molecule has 0 saturated carbocycles. The zero-order valence-corrected chi connectivity index (χ0v) is 18.7. The van der Waals surface area contributed by atoms with Crippen molar-refractivity contribution in [2.24, 2.45) is 0 Å². The summed E-state index contributed by atoms with van der Waals surface area (Å²) in [6.45, 7) is 4.09. The summed E-state index contributed by atoms with van der Waals surface area (Å²) < 4.78 is 32.4. The summed E-state index contributed by atoms with van der Waals surface area (Å²) in [5.41, 5.74) is 2.71. The Labute approximate surface area is 182 Å². The average Bonchev–Trinajstić information content (AvgIpc) is 2.71. The summed E-state index contributed by atoms with van der Waals surface area (Å²) in [5, 5.41) is 2.89. The molecule has 1 aliphatic rings. The van der Waals surface area contributed by atoms with Crippen molar-refractivity contribution in [1.82, 2.24) is 9.21 Å². The van der Waals surface area contributed by atoms with Gasteiger partial charge in [0.1, 0.15) is 4.90 Å². The Hall–Kier alpha value is -1.97. The van der Waals surface area contributed by atoms with Crippen LogP contribution in [0.2, 0.25) is 5.02 Å². The number of amides is 1. The first-order valence-electron chi connectivity index (χ1n) is 9.68. The van der Waals surface area contributed by atoms with Crippen molar-refractivity contribution in [3.63, 3.8) is 0 Å². The lowest BCUT2D eigenvalue weighted by Crippen LogP contribution is -2.40. The van der Waals surface area contributed by atoms with E-state index < -0.39 is 10.0 Å². The molecule has 1 fully saturated rings. The van der Waals surface area contributed by atoms with Gasteiger partial charge < -0.3 is 10.1 Å². The van der Waals surface area contributed by atoms with Gasteiger partial charge in [-0.05, 0) is 43.3 Å². The van der Waals surface area contributed by atoms with Gasteiger partial charge in [0, 0.05) is 25.3 Å². The number of carbonyl (C=O) groups excluding carboxylic acids is 1. The fourth-order valence-corrected chi connectivity index (χ4v) is 5.19. The van der Waals surface area contributed by atoms with Gasteiger partial charge in [0.15, 0.2) is 0 Å². The van der Waals surface area contributed by atoms with E-state index in [-0.39, 0.29) is 35.5 Å². The molecule has 7 nitrogen and oxygen atoms in total. The highest BCUT2D eigenvalue weighted by Crippen LogP contribution is 2.28. The molecule has 1 amide bonds. The smallest absolute Gasteiger partial charge is 0.244 e. The SMILES string of the molecule is Cc1ccccc1CN(C)CC(=O)Nc1ccc(Cl)c(S(=O)(=O)N2CCOCC2)c1. The first kappa shape index (κ1) is 22.7. The van der Waals surface area contributed by atoms with Crippen molar-refractivity contribution in [2.75, 3.05) is 45.2 Å². The topological polar surface area (TPSA) is 79.0 Å². The summed E-state index contributed by atoms with van der Waals surface area (Å²) in [7, 11) is -1.90. The Kier molecular flexibility index (Phi) is 7.49. The largest absolute Gasteiger partial charge is 0.379 e. The average molecular weight is 452 g/mol. The van der Waals surface area contributed by atoms with E-state index in [4.69, 9.17) is 16.3 Å². The maximum absolute atomic E-state index is 12.9. The van der Waals surface area contributed by atoms with Gasteiger partial charge in [-0.25, -0.2) is 8.42 Å². The molecule has 1 N–H and O–H groups in total. The first-order chi connectivity index (χ1) is 14.3. The van der Waals surface area contributed by atoms with E-state index in [9.17, 15) is 13.2 Å². The molecule has 1 aliphatic heterocycles. The van der Waals surface area contributed by atoms with E-state index in [2.05, 4.69) is 5.32 Å². The van der Waals surface area contributed by atoms with Gasteiger partial charge in [-0.3, -0.25) is 9.69 Å². The molecule has 0 bridgehead atoms. The summed E-state index contributed by atoms with van der Waals surface area (Å²) in [5.74, 6) is -0.233. The Morgan fingerprint density at radius 2 is 1.90 bits per heavy atom. The number of nitrogens with zero attached hydrogens (tertiary/aromatic N) is 2. The van der Waals surface area contributed by atoms with Crippen molar-refractivity contribution in [3.05, 3.63) is 58.6 Å². The van der Waals surface area contributed by atoms with Gasteiger partial charge in [0.2, 0.25) is 15.9 Å². The van der Waals surface area contributed by atoms with Gasteiger partial charge in [-0.1, -0.05) is 35.9 Å². The normalized spacial score (nSPS) is 15.3. The third-order valence-electron chi connectivity index (χ3n) is 4.92. The van der Waals surface area contributed by atoms with Crippen molar-refractivity contribution < 1.29 is 17.9 Å². The van der Waals surface area contributed by atoms with Crippen LogP contribution in [0.4, 0.5) is 5.69 Å². The highest BCUT2D eigenvalue weighted by atomic mass is 35.5. The Morgan fingerprint density at radius 1 is 1.20 bits per heavy atom. The van der Waals surface area contributed by atoms with Crippen LogP contribution in [0.3, 0.4) is 0 Å². The maximum Gasteiger partial charge on any atom is 0.244 e. The summed E-state index contributed by atoms with van der Waals surface area (Å²) in [6.07, 6.45) is 0. The van der Waals surface area contributed by atoms with Crippen molar-refractivity contribution >= 4 is 33.2 Å². The number of sulfonamides is 1. The predicted molar refractivity (Wildman–Crippen MR) is 117 cm³/mol. The number of anilines is 1. The molecule has 30 heavy (non-hydrogen) atoms. The third-order valence-corrected chi connectivity index (χ3v) is 7.30. The lowest BCUT2D eigenvalue weighted by atomic mass is 10.1. The van der Waals surface area contributed by atoms with Crippen LogP contribution in [0.15, 0.2) is 47.4 Å². The molecule has 0 unspecified atom stereocenters. The van der Waals surface area contributed by atoms with E-state index in [0.717, 1.165) is 5.56 Å². The number of nitrogens with one attached hydrogen (secondary N) is 1. The molecule has 2 aromatic carbocycles. The molecule has 0 radical (unpaired) electrons. The van der Waals surface area contributed by atoms with Crippen LogP contribution in [0.1, 0.15) is 11.1 Å². The number of rotatable bonds is 7. The molecule has 3 rings (SSSR count). The lowest BCUT2D eigenvalue weighted by Gasteiger charge is -2.26. The van der Waals surface area contributed by atoms with E-state index >= 15 is 0 Å². The molecule has 1 heterocycles. The minimum Gasteiger partial charge on any atom is -0.379 e. The van der Waals surface area contributed by atoms with Gasteiger partial charge in [0.05, 0.1) is 24.8 Å². The number of hydrogen-bond donors (Lipinski definition) is 1. The molecular weight excluding hydrogens is 426 g/mol. The number of morpholine rings is 1. The first-order valence-corrected chi connectivity index (χ1v) is 11.5. The number of aryl methyl sites for hydroxylation is 1. The number of hydrogen-bond acceptors (Lipinski definition) is 5. The molecular formula is C21H26ClN3O4S. The van der Waals surface area contributed by atoms with Crippen LogP contribution in [0.25, 0.3) is 0 Å². The van der Waals surface area contributed by atoms with Crippen molar-refractivity contribution in [3.8, 4) is 0 Å². The van der Waals surface area contributed by atoms with E-state index in [1.807, 2.05) is 43.1 Å². The molecule has 0 aliphatic carbocycles. The highest BCUT2D eigenvalue weighted by Gasteiger charge is 2.28. The van der Waals surface area contributed by atoms with Crippen LogP contribution in [-0.4, -0.2) is 63.4 Å². The second kappa shape index (κ2) is 9.89. The van der Waals surface area contributed by atoms with E-state index in [1.54, 1.807) is 6.07 Å². The minimum absolute atomic E-state index is 0.0165. The summed E-state index contributed by atoms with van der Waals surface area (Å²) in [6, 6.07) is 12.5. The second-order valence-corrected chi connectivity index (χ2v) is 9.62. The molecule has 0 atom stereocenters. The van der Waals surface area contributed by atoms with Gasteiger partial charge >= 0.3 is 0 Å². The number of carbonyl (C=O) groups is 1. The zero-order valence-electron chi connectivity index (χ0n) is 17.1. The molecule has 9 heteroatoms. The zero-order chi connectivity index (χ0) is 21.7. The Morgan fingerprint density at radius 3 is 2.60 bits per heavy atom. The molecule has 0 spiro atoms. The summed E-state index contributed by atoms with van der Waals surface area (Å²) >= 11 is 6.17. The Bertz CT molecular complexity index is 1010. The Balaban J connectivity index is 1.67. The fourth-order valence-electron chi connectivity index (χ4n) is 3.28. The quantitative estimate of drug-likeness (QED) is 0.700. The molecule has 2 aromatic rings. The van der Waals surface area contributed by atoms with Gasteiger partial charge in [-0.2, -0.15) is 4.31 Å². The molecule has 1 saturated heterocycles. The molecule has 0 aromatic heterocycles. The van der Waals surface area contributed by atoms with Crippen LogP contribution in [-0.2, 0) is 26.1 Å². The lowest BCUT2D eigenvalue weighted by molar-refractivity contribution is -0.117. The number of benzene rings is 2. The fraction of sp³-hybridized carbons (Fsp3) is 0.381. The van der Waals surface area contributed by atoms with Crippen LogP contribution >= 0.6 is 11.6 Å². The third kappa shape index (κ3) is 5.59. The van der Waals surface area contributed by atoms with E-state index in [1.165, 1.54) is 22.0 Å². The number of likely N-dealkylation sites (N-methyl/N-ethyl adjacent to an activating group) is 1. The maximum atomic E-state index is 12.9. The van der Waals surface area contributed by atoms with Gasteiger partial charge in [-0.15, -0.1) is 0 Å². The second-order valence-electron chi connectivity index (χ2n) is 7.31. The van der Waals surface area contributed by atoms with Crippen LogP contribution in [0, 0.1) is 6.92 Å². The number of halogens is 1.